The van der Waals surface area contributed by atoms with Gasteiger partial charge in [-0.15, -0.1) is 11.6 Å². The Morgan fingerprint density at radius 1 is 1.00 bits per heavy atom. The summed E-state index contributed by atoms with van der Waals surface area (Å²) in [5.41, 5.74) is 0. The number of hydrogen-bond donors (Lipinski definition) is 0. The Labute approximate surface area is 82.1 Å². The average molecular weight is 192 g/mol. The predicted molar refractivity (Wildman–Crippen MR) is 57.0 cm³/mol. The van der Waals surface area contributed by atoms with Crippen molar-refractivity contribution in [3.8, 4) is 0 Å². The first-order valence-electron chi connectivity index (χ1n) is 5.13. The molecule has 0 saturated heterocycles. The van der Waals surface area contributed by atoms with Crippen molar-refractivity contribution in [3.63, 3.8) is 0 Å². The van der Waals surface area contributed by atoms with Crippen LogP contribution in [0.3, 0.4) is 0 Å². The number of alkyl halides is 1. The van der Waals surface area contributed by atoms with E-state index < -0.39 is 0 Å². The molecule has 0 atom stereocenters. The summed E-state index contributed by atoms with van der Waals surface area (Å²) in [4.78, 5) is 2.48. The Balaban J connectivity index is 3.26. The van der Waals surface area contributed by atoms with Crippen molar-refractivity contribution in [1.82, 2.24) is 4.90 Å². The van der Waals surface area contributed by atoms with Crippen LogP contribution in [0.4, 0.5) is 0 Å². The molecule has 0 aromatic rings. The van der Waals surface area contributed by atoms with Gasteiger partial charge in [-0.25, -0.2) is 0 Å². The summed E-state index contributed by atoms with van der Waals surface area (Å²) in [6.45, 7) is 8.06. The fourth-order valence-corrected chi connectivity index (χ4v) is 1.42. The Bertz CT molecular complexity index is 85.9. The molecule has 0 aromatic heterocycles. The van der Waals surface area contributed by atoms with E-state index in [9.17, 15) is 0 Å². The molecule has 0 N–H and O–H groups in total. The summed E-state index contributed by atoms with van der Waals surface area (Å²) < 4.78 is 0. The summed E-state index contributed by atoms with van der Waals surface area (Å²) in [6, 6.07) is 0. The van der Waals surface area contributed by atoms with Gasteiger partial charge in [0.1, 0.15) is 0 Å². The molecular formula is C10H22ClN. The number of hydrogen-bond acceptors (Lipinski definition) is 1. The van der Waals surface area contributed by atoms with Crippen LogP contribution in [0.25, 0.3) is 0 Å². The fraction of sp³-hybridized carbons (Fsp3) is 1.00. The smallest absolute Gasteiger partial charge is 0.0235 e. The quantitative estimate of drug-likeness (QED) is 0.421. The zero-order chi connectivity index (χ0) is 9.23. The molecule has 0 aliphatic rings. The van der Waals surface area contributed by atoms with Crippen molar-refractivity contribution < 1.29 is 0 Å². The van der Waals surface area contributed by atoms with E-state index in [2.05, 4.69) is 18.7 Å². The number of halogens is 1. The summed E-state index contributed by atoms with van der Waals surface area (Å²) >= 11 is 5.64. The van der Waals surface area contributed by atoms with Gasteiger partial charge >= 0.3 is 0 Å². The van der Waals surface area contributed by atoms with Crippen molar-refractivity contribution in [3.05, 3.63) is 0 Å². The van der Waals surface area contributed by atoms with Crippen LogP contribution in [0.1, 0.15) is 39.5 Å². The third kappa shape index (κ3) is 6.93. The van der Waals surface area contributed by atoms with Gasteiger partial charge in [0.15, 0.2) is 0 Å². The van der Waals surface area contributed by atoms with Crippen molar-refractivity contribution in [2.75, 3.05) is 25.5 Å². The van der Waals surface area contributed by atoms with Gasteiger partial charge in [-0.3, -0.25) is 0 Å². The van der Waals surface area contributed by atoms with Crippen molar-refractivity contribution in [2.24, 2.45) is 0 Å². The SMILES string of the molecule is CCCCCN(CC)CCCCl. The van der Waals surface area contributed by atoms with Gasteiger partial charge < -0.3 is 4.90 Å². The Morgan fingerprint density at radius 2 is 1.67 bits per heavy atom. The van der Waals surface area contributed by atoms with E-state index in [0.29, 0.717) is 0 Å². The van der Waals surface area contributed by atoms with Crippen LogP contribution >= 0.6 is 11.6 Å². The molecule has 0 amide bonds. The van der Waals surface area contributed by atoms with E-state index in [0.717, 1.165) is 12.3 Å². The Hall–Kier alpha value is 0.250. The molecule has 0 aliphatic carbocycles. The highest BCUT2D eigenvalue weighted by molar-refractivity contribution is 6.17. The first kappa shape index (κ1) is 12.2. The molecule has 2 heteroatoms. The highest BCUT2D eigenvalue weighted by Gasteiger charge is 1.99. The van der Waals surface area contributed by atoms with Gasteiger partial charge in [0.25, 0.3) is 0 Å². The van der Waals surface area contributed by atoms with E-state index in [1.807, 2.05) is 0 Å². The molecule has 0 fully saturated rings. The van der Waals surface area contributed by atoms with E-state index in [-0.39, 0.29) is 0 Å². The minimum Gasteiger partial charge on any atom is -0.304 e. The van der Waals surface area contributed by atoms with Gasteiger partial charge in [0.05, 0.1) is 0 Å². The Kier molecular flexibility index (Phi) is 9.53. The first-order valence-corrected chi connectivity index (χ1v) is 5.66. The van der Waals surface area contributed by atoms with Crippen LogP contribution in [-0.4, -0.2) is 30.4 Å². The topological polar surface area (TPSA) is 3.24 Å². The number of nitrogens with zero attached hydrogens (tertiary/aromatic N) is 1. The van der Waals surface area contributed by atoms with Crippen LogP contribution in [0, 0.1) is 0 Å². The lowest BCUT2D eigenvalue weighted by Crippen LogP contribution is -2.25. The van der Waals surface area contributed by atoms with Crippen LogP contribution in [0.2, 0.25) is 0 Å². The highest BCUT2D eigenvalue weighted by Crippen LogP contribution is 1.99. The summed E-state index contributed by atoms with van der Waals surface area (Å²) in [7, 11) is 0. The van der Waals surface area contributed by atoms with Crippen molar-refractivity contribution in [2.45, 2.75) is 39.5 Å². The second-order valence-corrected chi connectivity index (χ2v) is 3.56. The third-order valence-electron chi connectivity index (χ3n) is 2.13. The molecule has 0 saturated carbocycles. The second-order valence-electron chi connectivity index (χ2n) is 3.18. The monoisotopic (exact) mass is 191 g/mol. The molecule has 0 rings (SSSR count). The normalized spacial score (nSPS) is 11.0. The molecule has 12 heavy (non-hydrogen) atoms. The Morgan fingerprint density at radius 3 is 2.17 bits per heavy atom. The van der Waals surface area contributed by atoms with Crippen molar-refractivity contribution >= 4 is 11.6 Å². The van der Waals surface area contributed by atoms with E-state index >= 15 is 0 Å². The summed E-state index contributed by atoms with van der Waals surface area (Å²) in [5, 5.41) is 0. The van der Waals surface area contributed by atoms with Gasteiger partial charge in [-0.2, -0.15) is 0 Å². The molecule has 0 radical (unpaired) electrons. The summed E-state index contributed by atoms with van der Waals surface area (Å²) in [5.74, 6) is 0.796. The highest BCUT2D eigenvalue weighted by atomic mass is 35.5. The number of unbranched alkanes of at least 4 members (excludes halogenated alkanes) is 2. The maximum atomic E-state index is 5.64. The lowest BCUT2D eigenvalue weighted by molar-refractivity contribution is 0.283. The van der Waals surface area contributed by atoms with Gasteiger partial charge in [-0.1, -0.05) is 26.7 Å². The standard InChI is InChI=1S/C10H22ClN/c1-3-5-6-9-12(4-2)10-7-8-11/h3-10H2,1-2H3. The van der Waals surface area contributed by atoms with E-state index in [1.54, 1.807) is 0 Å². The van der Waals surface area contributed by atoms with Crippen LogP contribution in [0.15, 0.2) is 0 Å². The van der Waals surface area contributed by atoms with E-state index in [4.69, 9.17) is 11.6 Å². The molecule has 0 bridgehead atoms. The lowest BCUT2D eigenvalue weighted by atomic mass is 10.2. The van der Waals surface area contributed by atoms with Crippen LogP contribution in [-0.2, 0) is 0 Å². The molecule has 0 heterocycles. The average Bonchev–Trinajstić information content (AvgIpc) is 2.11. The van der Waals surface area contributed by atoms with Crippen molar-refractivity contribution in [1.29, 1.82) is 0 Å². The van der Waals surface area contributed by atoms with Gasteiger partial charge in [0.2, 0.25) is 0 Å². The van der Waals surface area contributed by atoms with Gasteiger partial charge in [-0.05, 0) is 32.5 Å². The fourth-order valence-electron chi connectivity index (χ4n) is 1.30. The minimum atomic E-state index is 0.796. The first-order chi connectivity index (χ1) is 5.85. The molecule has 0 unspecified atom stereocenters. The predicted octanol–water partition coefficient (Wildman–Crippen LogP) is 3.13. The lowest BCUT2D eigenvalue weighted by Gasteiger charge is -2.19. The molecular weight excluding hydrogens is 170 g/mol. The zero-order valence-electron chi connectivity index (χ0n) is 8.48. The molecule has 0 aliphatic heterocycles. The molecule has 74 valence electrons. The second kappa shape index (κ2) is 9.34. The van der Waals surface area contributed by atoms with Gasteiger partial charge in [0, 0.05) is 5.88 Å². The zero-order valence-corrected chi connectivity index (χ0v) is 9.24. The number of rotatable bonds is 8. The third-order valence-corrected chi connectivity index (χ3v) is 2.40. The maximum Gasteiger partial charge on any atom is 0.0235 e. The maximum absolute atomic E-state index is 5.64. The molecule has 0 spiro atoms. The largest absolute Gasteiger partial charge is 0.304 e. The molecule has 0 aromatic carbocycles. The summed E-state index contributed by atoms with van der Waals surface area (Å²) in [6.07, 6.45) is 5.14. The minimum absolute atomic E-state index is 0.796. The van der Waals surface area contributed by atoms with Crippen LogP contribution < -0.4 is 0 Å². The van der Waals surface area contributed by atoms with E-state index in [1.165, 1.54) is 38.9 Å². The molecule has 1 nitrogen and oxygen atoms in total. The van der Waals surface area contributed by atoms with Crippen LogP contribution in [0.5, 0.6) is 0 Å².